The summed E-state index contributed by atoms with van der Waals surface area (Å²) in [6.07, 6.45) is 7.92. The minimum Gasteiger partial charge on any atom is -0.356 e. The lowest BCUT2D eigenvalue weighted by molar-refractivity contribution is 0.481. The Morgan fingerprint density at radius 1 is 1.35 bits per heavy atom. The molecule has 1 aliphatic rings. The minimum atomic E-state index is -0.312. The van der Waals surface area contributed by atoms with Crippen LogP contribution in [0.4, 0.5) is 4.39 Å². The Kier molecular flexibility index (Phi) is 6.86. The fraction of sp³-hybridized carbons (Fsp3) is 0.556. The highest BCUT2D eigenvalue weighted by molar-refractivity contribution is 5.79. The van der Waals surface area contributed by atoms with E-state index in [1.54, 1.807) is 13.1 Å². The van der Waals surface area contributed by atoms with Crippen LogP contribution in [0.15, 0.2) is 23.2 Å². The van der Waals surface area contributed by atoms with Crippen LogP contribution in [0.3, 0.4) is 0 Å². The summed E-state index contributed by atoms with van der Waals surface area (Å²) in [7, 11) is 1.70. The molecule has 2 N–H and O–H groups in total. The van der Waals surface area contributed by atoms with Gasteiger partial charge < -0.3 is 10.6 Å². The fourth-order valence-corrected chi connectivity index (χ4v) is 3.08. The number of guanidine groups is 1. The third kappa shape index (κ3) is 5.55. The number of hydrogen-bond donors (Lipinski definition) is 2. The van der Waals surface area contributed by atoms with Crippen LogP contribution in [-0.2, 0) is 6.54 Å². The second kappa shape index (κ2) is 9.14. The summed E-state index contributed by atoms with van der Waals surface area (Å²) in [6, 6.07) is 6.40. The molecule has 0 bridgehead atoms. The Balaban J connectivity index is 1.73. The van der Waals surface area contributed by atoms with Gasteiger partial charge in [0.05, 0.1) is 11.6 Å². The van der Waals surface area contributed by atoms with Crippen LogP contribution in [0.2, 0.25) is 0 Å². The highest BCUT2D eigenvalue weighted by Gasteiger charge is 2.14. The summed E-state index contributed by atoms with van der Waals surface area (Å²) in [6.45, 7) is 1.18. The van der Waals surface area contributed by atoms with Gasteiger partial charge in [-0.3, -0.25) is 4.99 Å². The van der Waals surface area contributed by atoms with Gasteiger partial charge >= 0.3 is 0 Å². The quantitative estimate of drug-likeness (QED) is 0.481. The Labute approximate surface area is 137 Å². The molecular formula is C18H25FN4. The lowest BCUT2D eigenvalue weighted by atomic mass is 10.0. The van der Waals surface area contributed by atoms with Crippen LogP contribution in [-0.4, -0.2) is 19.6 Å². The average molecular weight is 316 g/mol. The molecule has 0 aliphatic heterocycles. The zero-order valence-corrected chi connectivity index (χ0v) is 13.7. The molecule has 1 aliphatic carbocycles. The predicted octanol–water partition coefficient (Wildman–Crippen LogP) is 3.33. The molecule has 2 rings (SSSR count). The second-order valence-corrected chi connectivity index (χ2v) is 6.06. The summed E-state index contributed by atoms with van der Waals surface area (Å²) in [5.74, 6) is 1.25. The highest BCUT2D eigenvalue weighted by atomic mass is 19.1. The van der Waals surface area contributed by atoms with Crippen LogP contribution in [0.5, 0.6) is 0 Å². The number of rotatable bonds is 6. The Bertz CT molecular complexity index is 571. The summed E-state index contributed by atoms with van der Waals surface area (Å²) < 4.78 is 13.7. The van der Waals surface area contributed by atoms with Crippen molar-refractivity contribution in [2.45, 2.75) is 45.1 Å². The second-order valence-electron chi connectivity index (χ2n) is 6.06. The molecule has 0 unspecified atom stereocenters. The molecule has 0 atom stereocenters. The molecule has 23 heavy (non-hydrogen) atoms. The molecule has 1 aromatic carbocycles. The standard InChI is InChI=1S/C18H25FN4/c1-21-18(22-10-4-7-14-5-2-3-6-14)23-13-16-11-15(12-20)8-9-17(16)19/h8-9,11,14H,2-7,10,13H2,1H3,(H2,21,22,23). The third-order valence-corrected chi connectivity index (χ3v) is 4.40. The van der Waals surface area contributed by atoms with Crippen LogP contribution >= 0.6 is 0 Å². The van der Waals surface area contributed by atoms with Crippen molar-refractivity contribution in [1.29, 1.82) is 5.26 Å². The van der Waals surface area contributed by atoms with E-state index in [1.165, 1.54) is 44.2 Å². The molecule has 0 aromatic heterocycles. The molecular weight excluding hydrogens is 291 g/mol. The van der Waals surface area contributed by atoms with Gasteiger partial charge in [-0.05, 0) is 37.0 Å². The largest absolute Gasteiger partial charge is 0.356 e. The van der Waals surface area contributed by atoms with Crippen LogP contribution < -0.4 is 10.6 Å². The molecule has 124 valence electrons. The van der Waals surface area contributed by atoms with E-state index in [4.69, 9.17) is 5.26 Å². The maximum absolute atomic E-state index is 13.7. The van der Waals surface area contributed by atoms with Gasteiger partial charge in [0.2, 0.25) is 0 Å². The van der Waals surface area contributed by atoms with Gasteiger partial charge in [-0.1, -0.05) is 25.7 Å². The van der Waals surface area contributed by atoms with Crippen molar-refractivity contribution < 1.29 is 4.39 Å². The van der Waals surface area contributed by atoms with Crippen molar-refractivity contribution in [3.05, 3.63) is 35.1 Å². The Morgan fingerprint density at radius 2 is 2.13 bits per heavy atom. The monoisotopic (exact) mass is 316 g/mol. The predicted molar refractivity (Wildman–Crippen MR) is 90.5 cm³/mol. The van der Waals surface area contributed by atoms with Gasteiger partial charge in [-0.2, -0.15) is 5.26 Å². The normalized spacial score (nSPS) is 15.4. The molecule has 0 spiro atoms. The zero-order valence-electron chi connectivity index (χ0n) is 13.7. The third-order valence-electron chi connectivity index (χ3n) is 4.40. The van der Waals surface area contributed by atoms with Crippen molar-refractivity contribution in [2.24, 2.45) is 10.9 Å². The summed E-state index contributed by atoms with van der Waals surface area (Å²) in [4.78, 5) is 4.15. The van der Waals surface area contributed by atoms with Gasteiger partial charge in [0.1, 0.15) is 5.82 Å². The van der Waals surface area contributed by atoms with Crippen LogP contribution in [0.1, 0.15) is 49.7 Å². The van der Waals surface area contributed by atoms with Crippen LogP contribution in [0.25, 0.3) is 0 Å². The summed E-state index contributed by atoms with van der Waals surface area (Å²) in [5.41, 5.74) is 0.931. The first-order valence-electron chi connectivity index (χ1n) is 8.36. The Hall–Kier alpha value is -2.09. The van der Waals surface area contributed by atoms with E-state index < -0.39 is 0 Å². The topological polar surface area (TPSA) is 60.2 Å². The molecule has 5 heteroatoms. The van der Waals surface area contributed by atoms with E-state index in [1.807, 2.05) is 6.07 Å². The lowest BCUT2D eigenvalue weighted by Crippen LogP contribution is -2.37. The number of nitriles is 1. The highest BCUT2D eigenvalue weighted by Crippen LogP contribution is 2.28. The number of hydrogen-bond acceptors (Lipinski definition) is 2. The number of nitrogens with one attached hydrogen (secondary N) is 2. The molecule has 1 saturated carbocycles. The van der Waals surface area contributed by atoms with E-state index in [0.29, 0.717) is 23.6 Å². The molecule has 0 saturated heterocycles. The van der Waals surface area contributed by atoms with Crippen molar-refractivity contribution >= 4 is 5.96 Å². The van der Waals surface area contributed by atoms with E-state index >= 15 is 0 Å². The van der Waals surface area contributed by atoms with E-state index in [9.17, 15) is 4.39 Å². The first-order chi connectivity index (χ1) is 11.2. The molecule has 0 radical (unpaired) electrons. The first kappa shape index (κ1) is 17.3. The van der Waals surface area contributed by atoms with E-state index in [-0.39, 0.29) is 5.82 Å². The summed E-state index contributed by atoms with van der Waals surface area (Å²) in [5, 5.41) is 15.2. The minimum absolute atomic E-state index is 0.309. The van der Waals surface area contributed by atoms with E-state index in [2.05, 4.69) is 15.6 Å². The zero-order chi connectivity index (χ0) is 16.5. The van der Waals surface area contributed by atoms with Gasteiger partial charge in [-0.25, -0.2) is 4.39 Å². The smallest absolute Gasteiger partial charge is 0.191 e. The van der Waals surface area contributed by atoms with E-state index in [0.717, 1.165) is 18.9 Å². The van der Waals surface area contributed by atoms with Crippen molar-refractivity contribution in [2.75, 3.05) is 13.6 Å². The number of benzene rings is 1. The van der Waals surface area contributed by atoms with Gasteiger partial charge in [0, 0.05) is 25.7 Å². The van der Waals surface area contributed by atoms with Gasteiger partial charge in [-0.15, -0.1) is 0 Å². The number of nitrogens with zero attached hydrogens (tertiary/aromatic N) is 2. The molecule has 0 amide bonds. The van der Waals surface area contributed by atoms with Crippen molar-refractivity contribution in [3.63, 3.8) is 0 Å². The summed E-state index contributed by atoms with van der Waals surface area (Å²) >= 11 is 0. The first-order valence-corrected chi connectivity index (χ1v) is 8.36. The number of aliphatic imine (C=N–C) groups is 1. The number of halogens is 1. The van der Waals surface area contributed by atoms with Crippen LogP contribution in [0, 0.1) is 23.1 Å². The van der Waals surface area contributed by atoms with Crippen molar-refractivity contribution in [3.8, 4) is 6.07 Å². The molecule has 4 nitrogen and oxygen atoms in total. The fourth-order valence-electron chi connectivity index (χ4n) is 3.08. The SMILES string of the molecule is CN=C(NCCCC1CCCC1)NCc1cc(C#N)ccc1F. The lowest BCUT2D eigenvalue weighted by Gasteiger charge is -2.13. The molecule has 1 fully saturated rings. The maximum atomic E-state index is 13.7. The van der Waals surface area contributed by atoms with Gasteiger partial charge in [0.15, 0.2) is 5.96 Å². The molecule has 0 heterocycles. The van der Waals surface area contributed by atoms with Gasteiger partial charge in [0.25, 0.3) is 0 Å². The Morgan fingerprint density at radius 3 is 2.83 bits per heavy atom. The van der Waals surface area contributed by atoms with Crippen molar-refractivity contribution in [1.82, 2.24) is 10.6 Å². The maximum Gasteiger partial charge on any atom is 0.191 e. The molecule has 1 aromatic rings. The average Bonchev–Trinajstić information content (AvgIpc) is 3.09.